The number of benzene rings is 1. The van der Waals surface area contributed by atoms with Crippen LogP contribution in [0.15, 0.2) is 48.9 Å². The maximum absolute atomic E-state index is 12.6. The molecule has 1 aromatic carbocycles. The molecule has 4 rings (SSSR count). The number of rotatable bonds is 3. The molecule has 0 radical (unpaired) electrons. The van der Waals surface area contributed by atoms with Gasteiger partial charge < -0.3 is 19.8 Å². The van der Waals surface area contributed by atoms with E-state index in [1.165, 1.54) is 0 Å². The number of H-pyrrole nitrogens is 1. The highest BCUT2D eigenvalue weighted by Crippen LogP contribution is 2.19. The lowest BCUT2D eigenvalue weighted by atomic mass is 10.2. The van der Waals surface area contributed by atoms with Gasteiger partial charge >= 0.3 is 0 Å². The lowest BCUT2D eigenvalue weighted by Gasteiger charge is -2.28. The molecule has 1 aliphatic rings. The van der Waals surface area contributed by atoms with Gasteiger partial charge in [-0.2, -0.15) is 0 Å². The zero-order valence-electron chi connectivity index (χ0n) is 14.4. The fourth-order valence-electron chi connectivity index (χ4n) is 3.08. The van der Waals surface area contributed by atoms with Crippen LogP contribution in [0, 0.1) is 6.92 Å². The fraction of sp³-hybridized carbons (Fsp3) is 0.211. The summed E-state index contributed by atoms with van der Waals surface area (Å²) in [5, 5.41) is 2.87. The molecule has 2 amide bonds. The molecule has 0 saturated heterocycles. The van der Waals surface area contributed by atoms with Gasteiger partial charge in [0.1, 0.15) is 5.69 Å². The second-order valence-corrected chi connectivity index (χ2v) is 6.36. The van der Waals surface area contributed by atoms with Crippen molar-refractivity contribution in [1.82, 2.24) is 19.4 Å². The average Bonchev–Trinajstić information content (AvgIpc) is 3.32. The van der Waals surface area contributed by atoms with Crippen LogP contribution in [0.1, 0.15) is 32.2 Å². The first-order valence-corrected chi connectivity index (χ1v) is 8.46. The topological polar surface area (TPSA) is 83.0 Å². The molecule has 2 aromatic heterocycles. The lowest BCUT2D eigenvalue weighted by molar-refractivity contribution is 0.0703. The van der Waals surface area contributed by atoms with Gasteiger partial charge in [0.25, 0.3) is 11.8 Å². The van der Waals surface area contributed by atoms with Crippen LogP contribution in [0.4, 0.5) is 5.69 Å². The number of nitrogens with one attached hydrogen (secondary N) is 2. The van der Waals surface area contributed by atoms with E-state index in [0.717, 1.165) is 16.9 Å². The van der Waals surface area contributed by atoms with Gasteiger partial charge in [-0.05, 0) is 31.2 Å². The summed E-state index contributed by atoms with van der Waals surface area (Å²) in [6, 6.07) is 11.1. The number of imidazole rings is 1. The van der Waals surface area contributed by atoms with Gasteiger partial charge in [0.15, 0.2) is 5.69 Å². The minimum Gasteiger partial charge on any atom is -0.357 e. The quantitative estimate of drug-likeness (QED) is 0.762. The number of carbonyl (C=O) groups is 2. The summed E-state index contributed by atoms with van der Waals surface area (Å²) in [7, 11) is 0. The van der Waals surface area contributed by atoms with Crippen molar-refractivity contribution >= 4 is 17.5 Å². The standard InChI is InChI=1S/C19H19N5O2/c1-13-4-6-14(7-5-13)22-18(25)17-16-11-23(9-10-24(16)12-21-17)19(26)15-3-2-8-20-15/h2-8,12,20H,9-11H2,1H3,(H,22,25). The maximum atomic E-state index is 12.6. The first-order chi connectivity index (χ1) is 12.6. The van der Waals surface area contributed by atoms with Gasteiger partial charge in [0.2, 0.25) is 0 Å². The van der Waals surface area contributed by atoms with Crippen LogP contribution >= 0.6 is 0 Å². The predicted octanol–water partition coefficient (Wildman–Crippen LogP) is 2.43. The number of anilines is 1. The predicted molar refractivity (Wildman–Crippen MR) is 96.9 cm³/mol. The molecule has 2 N–H and O–H groups in total. The maximum Gasteiger partial charge on any atom is 0.276 e. The van der Waals surface area contributed by atoms with Crippen molar-refractivity contribution in [3.8, 4) is 0 Å². The number of aryl methyl sites for hydroxylation is 1. The molecule has 3 aromatic rings. The molecular weight excluding hydrogens is 330 g/mol. The third-order valence-corrected chi connectivity index (χ3v) is 4.54. The Morgan fingerprint density at radius 3 is 2.69 bits per heavy atom. The normalized spacial score (nSPS) is 13.3. The number of aromatic nitrogens is 3. The third kappa shape index (κ3) is 2.99. The lowest BCUT2D eigenvalue weighted by Crippen LogP contribution is -2.38. The number of aromatic amines is 1. The van der Waals surface area contributed by atoms with Gasteiger partial charge in [0.05, 0.1) is 18.6 Å². The second kappa shape index (κ2) is 6.51. The minimum absolute atomic E-state index is 0.0765. The van der Waals surface area contributed by atoms with Gasteiger partial charge in [-0.3, -0.25) is 9.59 Å². The van der Waals surface area contributed by atoms with Gasteiger partial charge in [-0.15, -0.1) is 0 Å². The van der Waals surface area contributed by atoms with Crippen molar-refractivity contribution in [3.05, 3.63) is 71.6 Å². The molecule has 0 aliphatic carbocycles. The van der Waals surface area contributed by atoms with Gasteiger partial charge in [0, 0.05) is 25.0 Å². The Morgan fingerprint density at radius 2 is 1.96 bits per heavy atom. The summed E-state index contributed by atoms with van der Waals surface area (Å²) < 4.78 is 1.93. The minimum atomic E-state index is -0.267. The summed E-state index contributed by atoms with van der Waals surface area (Å²) in [6.07, 6.45) is 3.39. The van der Waals surface area contributed by atoms with E-state index in [0.29, 0.717) is 31.0 Å². The number of hydrogen-bond acceptors (Lipinski definition) is 3. The highest BCUT2D eigenvalue weighted by molar-refractivity contribution is 6.03. The zero-order chi connectivity index (χ0) is 18.1. The summed E-state index contributed by atoms with van der Waals surface area (Å²) in [4.78, 5) is 34.1. The van der Waals surface area contributed by atoms with E-state index in [2.05, 4.69) is 15.3 Å². The molecule has 7 heteroatoms. The third-order valence-electron chi connectivity index (χ3n) is 4.54. The number of hydrogen-bond donors (Lipinski definition) is 2. The van der Waals surface area contributed by atoms with Crippen molar-refractivity contribution in [3.63, 3.8) is 0 Å². The van der Waals surface area contributed by atoms with Crippen molar-refractivity contribution in [2.24, 2.45) is 0 Å². The number of carbonyl (C=O) groups excluding carboxylic acids is 2. The molecule has 0 saturated carbocycles. The van der Waals surface area contributed by atoms with Crippen LogP contribution in [-0.4, -0.2) is 37.8 Å². The van der Waals surface area contributed by atoms with E-state index < -0.39 is 0 Å². The zero-order valence-corrected chi connectivity index (χ0v) is 14.4. The van der Waals surface area contributed by atoms with Crippen molar-refractivity contribution < 1.29 is 9.59 Å². The van der Waals surface area contributed by atoms with Crippen LogP contribution in [-0.2, 0) is 13.1 Å². The van der Waals surface area contributed by atoms with Crippen molar-refractivity contribution in [1.29, 1.82) is 0 Å². The molecular formula is C19H19N5O2. The molecule has 7 nitrogen and oxygen atoms in total. The largest absolute Gasteiger partial charge is 0.357 e. The number of amides is 2. The van der Waals surface area contributed by atoms with E-state index in [4.69, 9.17) is 0 Å². The molecule has 1 aliphatic heterocycles. The van der Waals surface area contributed by atoms with E-state index in [9.17, 15) is 9.59 Å². The SMILES string of the molecule is Cc1ccc(NC(=O)c2ncn3c2CN(C(=O)c2ccc[nH]2)CC3)cc1. The molecule has 0 fully saturated rings. The Bertz CT molecular complexity index is 941. The first kappa shape index (κ1) is 16.1. The van der Waals surface area contributed by atoms with Crippen molar-refractivity contribution in [2.45, 2.75) is 20.0 Å². The molecule has 26 heavy (non-hydrogen) atoms. The molecule has 132 valence electrons. The van der Waals surface area contributed by atoms with Crippen molar-refractivity contribution in [2.75, 3.05) is 11.9 Å². The van der Waals surface area contributed by atoms with Gasteiger partial charge in [-0.1, -0.05) is 17.7 Å². The van der Waals surface area contributed by atoms with Crippen LogP contribution in [0.25, 0.3) is 0 Å². The molecule has 0 unspecified atom stereocenters. The smallest absolute Gasteiger partial charge is 0.276 e. The highest BCUT2D eigenvalue weighted by atomic mass is 16.2. The summed E-state index contributed by atoms with van der Waals surface area (Å²) >= 11 is 0. The molecule has 0 spiro atoms. The molecule has 3 heterocycles. The Morgan fingerprint density at radius 1 is 1.15 bits per heavy atom. The average molecular weight is 349 g/mol. The first-order valence-electron chi connectivity index (χ1n) is 8.46. The van der Waals surface area contributed by atoms with E-state index >= 15 is 0 Å². The van der Waals surface area contributed by atoms with Crippen LogP contribution < -0.4 is 5.32 Å². The summed E-state index contributed by atoms with van der Waals surface area (Å²) in [5.41, 5.74) is 3.50. The Kier molecular flexibility index (Phi) is 4.04. The van der Waals surface area contributed by atoms with Crippen LogP contribution in [0.2, 0.25) is 0 Å². The van der Waals surface area contributed by atoms with Crippen LogP contribution in [0.3, 0.4) is 0 Å². The summed E-state index contributed by atoms with van der Waals surface area (Å²) in [5.74, 6) is -0.343. The number of nitrogens with zero attached hydrogens (tertiary/aromatic N) is 3. The Balaban J connectivity index is 1.53. The van der Waals surface area contributed by atoms with E-state index in [1.54, 1.807) is 29.6 Å². The highest BCUT2D eigenvalue weighted by Gasteiger charge is 2.27. The molecule has 0 bridgehead atoms. The van der Waals surface area contributed by atoms with E-state index in [-0.39, 0.29) is 11.8 Å². The Hall–Kier alpha value is -3.35. The Labute approximate surface area is 150 Å². The molecule has 0 atom stereocenters. The second-order valence-electron chi connectivity index (χ2n) is 6.36. The fourth-order valence-corrected chi connectivity index (χ4v) is 3.08. The summed E-state index contributed by atoms with van der Waals surface area (Å²) in [6.45, 7) is 3.55. The van der Waals surface area contributed by atoms with E-state index in [1.807, 2.05) is 35.8 Å². The monoisotopic (exact) mass is 349 g/mol. The number of fused-ring (bicyclic) bond motifs is 1. The van der Waals surface area contributed by atoms with Crippen LogP contribution in [0.5, 0.6) is 0 Å². The van der Waals surface area contributed by atoms with Gasteiger partial charge in [-0.25, -0.2) is 4.98 Å².